The largest absolute Gasteiger partial charge is 0.369 e. The van der Waals surface area contributed by atoms with E-state index in [0.717, 1.165) is 26.1 Å². The van der Waals surface area contributed by atoms with E-state index in [1.807, 2.05) is 4.90 Å². The van der Waals surface area contributed by atoms with Crippen LogP contribution in [0.15, 0.2) is 29.2 Å². The van der Waals surface area contributed by atoms with E-state index in [9.17, 15) is 13.2 Å². The SMILES string of the molecule is CN(C)CC1CCC12CN(c1cc(F)c(SNc3cccc(F)n3)c(F)c1Cl)C2. The highest BCUT2D eigenvalue weighted by Gasteiger charge is 2.54. The van der Waals surface area contributed by atoms with Crippen LogP contribution in [0.3, 0.4) is 0 Å². The van der Waals surface area contributed by atoms with E-state index < -0.39 is 17.6 Å². The second-order valence-corrected chi connectivity index (χ2v) is 9.30. The highest BCUT2D eigenvalue weighted by molar-refractivity contribution is 8.00. The fourth-order valence-electron chi connectivity index (χ4n) is 4.24. The molecule has 1 N–H and O–H groups in total. The van der Waals surface area contributed by atoms with Crippen molar-refractivity contribution in [3.05, 3.63) is 46.9 Å². The van der Waals surface area contributed by atoms with Crippen LogP contribution in [-0.4, -0.2) is 43.6 Å². The molecule has 1 saturated heterocycles. The van der Waals surface area contributed by atoms with Gasteiger partial charge in [0.05, 0.1) is 5.69 Å². The number of anilines is 2. The van der Waals surface area contributed by atoms with Crippen molar-refractivity contribution >= 4 is 35.1 Å². The van der Waals surface area contributed by atoms with Crippen molar-refractivity contribution in [3.63, 3.8) is 0 Å². The molecule has 1 aromatic carbocycles. The Morgan fingerprint density at radius 1 is 1.31 bits per heavy atom. The number of halogens is 4. The molecule has 0 radical (unpaired) electrons. The van der Waals surface area contributed by atoms with Crippen molar-refractivity contribution in [2.75, 3.05) is 43.4 Å². The van der Waals surface area contributed by atoms with Crippen LogP contribution in [-0.2, 0) is 0 Å². The van der Waals surface area contributed by atoms with E-state index in [1.165, 1.54) is 30.7 Å². The van der Waals surface area contributed by atoms with Crippen LogP contribution >= 0.6 is 23.5 Å². The summed E-state index contributed by atoms with van der Waals surface area (Å²) in [6, 6.07) is 5.43. The summed E-state index contributed by atoms with van der Waals surface area (Å²) in [4.78, 5) is 7.48. The monoisotopic (exact) mass is 442 g/mol. The van der Waals surface area contributed by atoms with E-state index in [4.69, 9.17) is 11.6 Å². The summed E-state index contributed by atoms with van der Waals surface area (Å²) in [6.07, 6.45) is 2.33. The first-order valence-electron chi connectivity index (χ1n) is 9.42. The quantitative estimate of drug-likeness (QED) is 0.384. The number of rotatable bonds is 6. The molecule has 1 aromatic heterocycles. The zero-order valence-corrected chi connectivity index (χ0v) is 17.8. The summed E-state index contributed by atoms with van der Waals surface area (Å²) in [5, 5.41) is -0.0961. The summed E-state index contributed by atoms with van der Waals surface area (Å²) in [5.74, 6) is -1.44. The fourth-order valence-corrected chi connectivity index (χ4v) is 5.23. The Labute approximate surface area is 177 Å². The molecule has 0 bridgehead atoms. The molecule has 2 aromatic rings. The minimum absolute atomic E-state index is 0.0961. The summed E-state index contributed by atoms with van der Waals surface area (Å²) in [7, 11) is 4.13. The van der Waals surface area contributed by atoms with E-state index in [0.29, 0.717) is 23.6 Å². The van der Waals surface area contributed by atoms with Crippen molar-refractivity contribution in [2.24, 2.45) is 11.3 Å². The molecule has 2 heterocycles. The second-order valence-electron chi connectivity index (χ2n) is 8.10. The van der Waals surface area contributed by atoms with Crippen LogP contribution in [0.1, 0.15) is 12.8 Å². The van der Waals surface area contributed by atoms with Crippen LogP contribution in [0.2, 0.25) is 5.02 Å². The molecule has 2 aliphatic rings. The van der Waals surface area contributed by atoms with Crippen LogP contribution < -0.4 is 9.62 Å². The summed E-state index contributed by atoms with van der Waals surface area (Å²) >= 11 is 6.93. The van der Waals surface area contributed by atoms with Crippen LogP contribution in [0.25, 0.3) is 0 Å². The maximum Gasteiger partial charge on any atom is 0.214 e. The summed E-state index contributed by atoms with van der Waals surface area (Å²) in [5.41, 5.74) is 0.620. The molecule has 0 amide bonds. The van der Waals surface area contributed by atoms with Crippen LogP contribution in [0.5, 0.6) is 0 Å². The fraction of sp³-hybridized carbons (Fsp3) is 0.450. The maximum atomic E-state index is 14.8. The Morgan fingerprint density at radius 2 is 2.07 bits per heavy atom. The third kappa shape index (κ3) is 3.90. The predicted molar refractivity (Wildman–Crippen MR) is 111 cm³/mol. The molecule has 9 heteroatoms. The van der Waals surface area contributed by atoms with Gasteiger partial charge in [-0.15, -0.1) is 0 Å². The average molecular weight is 443 g/mol. The van der Waals surface area contributed by atoms with Gasteiger partial charge in [0.15, 0.2) is 5.82 Å². The minimum atomic E-state index is -0.824. The first-order valence-corrected chi connectivity index (χ1v) is 10.6. The lowest BCUT2D eigenvalue weighted by Crippen LogP contribution is -2.66. The van der Waals surface area contributed by atoms with Crippen molar-refractivity contribution in [2.45, 2.75) is 17.7 Å². The van der Waals surface area contributed by atoms with Crippen LogP contribution in [0.4, 0.5) is 24.7 Å². The third-order valence-electron chi connectivity index (χ3n) is 5.86. The molecule has 2 fully saturated rings. The zero-order chi connectivity index (χ0) is 20.8. The lowest BCUT2D eigenvalue weighted by Gasteiger charge is -2.62. The van der Waals surface area contributed by atoms with Crippen molar-refractivity contribution in [1.29, 1.82) is 0 Å². The molecule has 29 heavy (non-hydrogen) atoms. The van der Waals surface area contributed by atoms with E-state index in [1.54, 1.807) is 0 Å². The number of nitrogens with one attached hydrogen (secondary N) is 1. The predicted octanol–water partition coefficient (Wildman–Crippen LogP) is 5.05. The topological polar surface area (TPSA) is 31.4 Å². The van der Waals surface area contributed by atoms with Gasteiger partial charge in [-0.3, -0.25) is 0 Å². The molecule has 1 aliphatic heterocycles. The molecule has 4 nitrogen and oxygen atoms in total. The highest BCUT2D eigenvalue weighted by Crippen LogP contribution is 2.55. The third-order valence-corrected chi connectivity index (χ3v) is 7.11. The lowest BCUT2D eigenvalue weighted by atomic mass is 9.55. The molecular formula is C20H22ClF3N4S. The molecule has 1 atom stereocenters. The molecule has 1 aliphatic carbocycles. The van der Waals surface area contributed by atoms with Gasteiger partial charge in [0.1, 0.15) is 21.6 Å². The summed E-state index contributed by atoms with van der Waals surface area (Å²) < 4.78 is 45.3. The Kier molecular flexibility index (Phi) is 5.61. The number of benzene rings is 1. The molecule has 1 spiro atoms. The normalized spacial score (nSPS) is 20.0. The number of hydrogen-bond donors (Lipinski definition) is 1. The van der Waals surface area contributed by atoms with Gasteiger partial charge in [0.2, 0.25) is 5.95 Å². The highest BCUT2D eigenvalue weighted by atomic mass is 35.5. The summed E-state index contributed by atoms with van der Waals surface area (Å²) in [6.45, 7) is 2.56. The molecule has 1 saturated carbocycles. The van der Waals surface area contributed by atoms with Crippen molar-refractivity contribution in [3.8, 4) is 0 Å². The van der Waals surface area contributed by atoms with Gasteiger partial charge in [-0.25, -0.2) is 13.8 Å². The van der Waals surface area contributed by atoms with E-state index >= 15 is 0 Å². The maximum absolute atomic E-state index is 14.8. The number of aromatic nitrogens is 1. The van der Waals surface area contributed by atoms with Gasteiger partial charge < -0.3 is 14.5 Å². The number of pyridine rings is 1. The number of hydrogen-bond acceptors (Lipinski definition) is 5. The van der Waals surface area contributed by atoms with Gasteiger partial charge in [-0.2, -0.15) is 4.39 Å². The Balaban J connectivity index is 1.47. The zero-order valence-electron chi connectivity index (χ0n) is 16.2. The molecule has 1 unspecified atom stereocenters. The first-order chi connectivity index (χ1) is 13.8. The van der Waals surface area contributed by atoms with Crippen molar-refractivity contribution < 1.29 is 13.2 Å². The van der Waals surface area contributed by atoms with E-state index in [2.05, 4.69) is 28.7 Å². The molecular weight excluding hydrogens is 421 g/mol. The lowest BCUT2D eigenvalue weighted by molar-refractivity contribution is -0.0150. The van der Waals surface area contributed by atoms with Crippen molar-refractivity contribution in [1.82, 2.24) is 9.88 Å². The molecule has 4 rings (SSSR count). The van der Waals surface area contributed by atoms with Gasteiger partial charge in [-0.05, 0) is 56.9 Å². The first kappa shape index (κ1) is 20.6. The Morgan fingerprint density at radius 3 is 2.69 bits per heavy atom. The minimum Gasteiger partial charge on any atom is -0.369 e. The number of nitrogens with zero attached hydrogens (tertiary/aromatic N) is 3. The van der Waals surface area contributed by atoms with Gasteiger partial charge in [0, 0.05) is 31.1 Å². The van der Waals surface area contributed by atoms with E-state index in [-0.39, 0.29) is 21.2 Å². The van der Waals surface area contributed by atoms with Gasteiger partial charge in [-0.1, -0.05) is 17.7 Å². The second kappa shape index (κ2) is 7.89. The standard InChI is InChI=1S/C20H22ClF3N4S/c1-27(2)9-12-6-7-20(12)10-28(11-20)14-8-13(22)19(18(24)17(14)21)29-26-16-5-3-4-15(23)25-16/h3-5,8,12H,6-7,9-11H2,1-2H3,(H,25,26). The van der Waals surface area contributed by atoms with Gasteiger partial charge in [0.25, 0.3) is 0 Å². The smallest absolute Gasteiger partial charge is 0.214 e. The Hall–Kier alpha value is -1.64. The molecule has 156 valence electrons. The van der Waals surface area contributed by atoms with Gasteiger partial charge >= 0.3 is 0 Å². The average Bonchev–Trinajstić information content (AvgIpc) is 2.62. The Bertz CT molecular complexity index is 921. The van der Waals surface area contributed by atoms with Crippen LogP contribution in [0, 0.1) is 28.9 Å².